The largest absolute Gasteiger partial charge is 0.297 e. The highest BCUT2D eigenvalue weighted by Crippen LogP contribution is 2.16. The highest BCUT2D eigenvalue weighted by atomic mass is 35.5. The second kappa shape index (κ2) is 6.29. The average molecular weight is 355 g/mol. The first kappa shape index (κ1) is 15.2. The minimum absolute atomic E-state index is 0.0128. The maximum Gasteiger partial charge on any atom is 0.297 e. The van der Waals surface area contributed by atoms with Gasteiger partial charge in [-0.1, -0.05) is 29.8 Å². The van der Waals surface area contributed by atoms with Crippen LogP contribution >= 0.6 is 11.6 Å². The third kappa shape index (κ3) is 3.17. The van der Waals surface area contributed by atoms with Crippen LogP contribution in [-0.4, -0.2) is 40.3 Å². The Bertz CT molecular complexity index is 1020. The Kier molecular flexibility index (Phi) is 3.82. The smallest absolute Gasteiger partial charge is 0.286 e. The van der Waals surface area contributed by atoms with Crippen LogP contribution in [0.2, 0.25) is 5.02 Å². The number of halogens is 1. The van der Waals surface area contributed by atoms with Crippen LogP contribution in [0.1, 0.15) is 16.2 Å². The summed E-state index contributed by atoms with van der Waals surface area (Å²) in [5.74, 6) is -0.0316. The molecule has 0 bridgehead atoms. The van der Waals surface area contributed by atoms with Crippen molar-refractivity contribution < 1.29 is 4.79 Å². The molecule has 4 rings (SSSR count). The van der Waals surface area contributed by atoms with Crippen LogP contribution in [0, 0.1) is 0 Å². The van der Waals surface area contributed by atoms with E-state index < -0.39 is 5.91 Å². The zero-order chi connectivity index (χ0) is 17.2. The number of nitrogens with one attached hydrogen (secondary N) is 1. The Hall–Kier alpha value is -3.33. The Morgan fingerprint density at radius 1 is 1.16 bits per heavy atom. The van der Waals surface area contributed by atoms with E-state index in [0.29, 0.717) is 17.3 Å². The normalized spacial score (nSPS) is 10.9. The van der Waals surface area contributed by atoms with Crippen molar-refractivity contribution in [2.75, 3.05) is 5.32 Å². The van der Waals surface area contributed by atoms with Gasteiger partial charge >= 0.3 is 0 Å². The second-order valence-electron chi connectivity index (χ2n) is 5.11. The van der Waals surface area contributed by atoms with Gasteiger partial charge < -0.3 is 0 Å². The zero-order valence-corrected chi connectivity index (χ0v) is 13.5. The van der Waals surface area contributed by atoms with Gasteiger partial charge in [-0.25, -0.2) is 19.2 Å². The number of nitrogens with zero attached hydrogens (tertiary/aromatic N) is 7. The van der Waals surface area contributed by atoms with Gasteiger partial charge in [-0.3, -0.25) is 10.1 Å². The number of rotatable bonds is 4. The molecule has 0 saturated carbocycles. The molecular formula is C15H11ClN8O. The Morgan fingerprint density at radius 3 is 2.88 bits per heavy atom. The lowest BCUT2D eigenvalue weighted by atomic mass is 10.2. The van der Waals surface area contributed by atoms with E-state index in [0.717, 1.165) is 5.56 Å². The molecule has 0 fully saturated rings. The fourth-order valence-corrected chi connectivity index (χ4v) is 2.41. The number of aromatic nitrogens is 7. The summed E-state index contributed by atoms with van der Waals surface area (Å²) in [7, 11) is 0. The number of carbonyl (C=O) groups excluding carboxylic acids is 1. The highest BCUT2D eigenvalue weighted by molar-refractivity contribution is 6.31. The fourth-order valence-electron chi connectivity index (χ4n) is 2.22. The monoisotopic (exact) mass is 354 g/mol. The van der Waals surface area contributed by atoms with Crippen molar-refractivity contribution in [1.29, 1.82) is 0 Å². The molecule has 0 spiro atoms. The summed E-state index contributed by atoms with van der Waals surface area (Å²) in [5, 5.41) is 11.5. The first-order valence-electron chi connectivity index (χ1n) is 7.30. The summed E-state index contributed by atoms with van der Waals surface area (Å²) >= 11 is 6.13. The van der Waals surface area contributed by atoms with Crippen molar-refractivity contribution in [3.63, 3.8) is 0 Å². The van der Waals surface area contributed by atoms with Crippen molar-refractivity contribution in [3.8, 4) is 0 Å². The standard InChI is InChI=1S/C15H11ClN8O/c16-11-5-2-1-4-10(11)8-23-9-18-14(22-23)20-13(25)12-19-15-17-6-3-7-24(15)21-12/h1-7,9H,8H2,(H,20,22,25). The molecule has 10 heteroatoms. The molecule has 0 radical (unpaired) electrons. The molecule has 0 aliphatic heterocycles. The van der Waals surface area contributed by atoms with Gasteiger partial charge in [0, 0.05) is 17.4 Å². The van der Waals surface area contributed by atoms with Gasteiger partial charge in [0.2, 0.25) is 11.8 Å². The summed E-state index contributed by atoms with van der Waals surface area (Å²) in [6.45, 7) is 0.444. The molecule has 25 heavy (non-hydrogen) atoms. The van der Waals surface area contributed by atoms with Crippen molar-refractivity contribution in [2.24, 2.45) is 0 Å². The Labute approximate surface area is 146 Å². The summed E-state index contributed by atoms with van der Waals surface area (Å²) in [6, 6.07) is 9.15. The minimum Gasteiger partial charge on any atom is -0.286 e. The molecule has 0 saturated heterocycles. The number of anilines is 1. The van der Waals surface area contributed by atoms with Gasteiger partial charge in [0.1, 0.15) is 6.33 Å². The molecule has 4 aromatic rings. The van der Waals surface area contributed by atoms with E-state index in [1.54, 1.807) is 29.2 Å². The molecule has 0 aliphatic carbocycles. The Balaban J connectivity index is 1.49. The van der Waals surface area contributed by atoms with E-state index >= 15 is 0 Å². The van der Waals surface area contributed by atoms with Gasteiger partial charge in [0.15, 0.2) is 0 Å². The molecule has 1 amide bonds. The lowest BCUT2D eigenvalue weighted by Crippen LogP contribution is -2.15. The number of benzene rings is 1. The second-order valence-corrected chi connectivity index (χ2v) is 5.52. The third-order valence-corrected chi connectivity index (χ3v) is 3.74. The van der Waals surface area contributed by atoms with Crippen LogP contribution in [0.15, 0.2) is 49.1 Å². The van der Waals surface area contributed by atoms with Crippen LogP contribution in [-0.2, 0) is 6.54 Å². The molecule has 9 nitrogen and oxygen atoms in total. The quantitative estimate of drug-likeness (QED) is 0.598. The van der Waals surface area contributed by atoms with Crippen LogP contribution in [0.3, 0.4) is 0 Å². The topological polar surface area (TPSA) is 103 Å². The predicted octanol–water partition coefficient (Wildman–Crippen LogP) is 1.67. The summed E-state index contributed by atoms with van der Waals surface area (Å²) in [6.07, 6.45) is 4.74. The minimum atomic E-state index is -0.513. The lowest BCUT2D eigenvalue weighted by molar-refractivity contribution is 0.101. The SMILES string of the molecule is O=C(Nc1ncn(Cc2ccccc2Cl)n1)c1nc2ncccn2n1. The first-order chi connectivity index (χ1) is 12.2. The molecule has 1 aromatic carbocycles. The van der Waals surface area contributed by atoms with E-state index in [4.69, 9.17) is 11.6 Å². The highest BCUT2D eigenvalue weighted by Gasteiger charge is 2.15. The molecule has 3 aromatic heterocycles. The van der Waals surface area contributed by atoms with E-state index in [1.165, 1.54) is 10.8 Å². The van der Waals surface area contributed by atoms with Gasteiger partial charge in [-0.2, -0.15) is 4.98 Å². The maximum absolute atomic E-state index is 12.2. The number of fused-ring (bicyclic) bond motifs is 1. The number of carbonyl (C=O) groups is 1. The van der Waals surface area contributed by atoms with Crippen molar-refractivity contribution in [2.45, 2.75) is 6.54 Å². The number of hydrogen-bond acceptors (Lipinski definition) is 6. The molecule has 1 N–H and O–H groups in total. The molecular weight excluding hydrogens is 344 g/mol. The predicted molar refractivity (Wildman–Crippen MR) is 89.3 cm³/mol. The van der Waals surface area contributed by atoms with Crippen molar-refractivity contribution in [3.05, 3.63) is 65.5 Å². The van der Waals surface area contributed by atoms with Crippen LogP contribution in [0.5, 0.6) is 0 Å². The first-order valence-corrected chi connectivity index (χ1v) is 7.68. The summed E-state index contributed by atoms with van der Waals surface area (Å²) in [4.78, 5) is 24.3. The van der Waals surface area contributed by atoms with Crippen molar-refractivity contribution in [1.82, 2.24) is 34.3 Å². The molecule has 124 valence electrons. The van der Waals surface area contributed by atoms with E-state index in [-0.39, 0.29) is 11.8 Å². The van der Waals surface area contributed by atoms with E-state index in [2.05, 4.69) is 30.5 Å². The fraction of sp³-hybridized carbons (Fsp3) is 0.0667. The van der Waals surface area contributed by atoms with Gasteiger partial charge in [0.05, 0.1) is 6.54 Å². The lowest BCUT2D eigenvalue weighted by Gasteiger charge is -2.03. The summed E-state index contributed by atoms with van der Waals surface area (Å²) < 4.78 is 2.99. The average Bonchev–Trinajstić information content (AvgIpc) is 3.23. The van der Waals surface area contributed by atoms with E-state index in [9.17, 15) is 4.79 Å². The summed E-state index contributed by atoms with van der Waals surface area (Å²) in [5.41, 5.74) is 0.903. The third-order valence-electron chi connectivity index (χ3n) is 3.37. The maximum atomic E-state index is 12.2. The van der Waals surface area contributed by atoms with Crippen LogP contribution in [0.25, 0.3) is 5.78 Å². The number of amides is 1. The van der Waals surface area contributed by atoms with Gasteiger partial charge in [-0.15, -0.1) is 10.2 Å². The molecule has 3 heterocycles. The van der Waals surface area contributed by atoms with Gasteiger partial charge in [0.25, 0.3) is 11.7 Å². The molecule has 0 unspecified atom stereocenters. The zero-order valence-electron chi connectivity index (χ0n) is 12.7. The number of hydrogen-bond donors (Lipinski definition) is 1. The van der Waals surface area contributed by atoms with Crippen LogP contribution < -0.4 is 5.32 Å². The van der Waals surface area contributed by atoms with Crippen molar-refractivity contribution >= 4 is 29.2 Å². The molecule has 0 atom stereocenters. The molecule has 0 aliphatic rings. The van der Waals surface area contributed by atoms with Gasteiger partial charge in [-0.05, 0) is 17.7 Å². The Morgan fingerprint density at radius 2 is 2.04 bits per heavy atom. The van der Waals surface area contributed by atoms with Crippen LogP contribution in [0.4, 0.5) is 5.95 Å². The van der Waals surface area contributed by atoms with E-state index in [1.807, 2.05) is 18.2 Å².